The average Bonchev–Trinajstić information content (AvgIpc) is 2.87. The fraction of sp³-hybridized carbons (Fsp3) is 0.471. The van der Waals surface area contributed by atoms with Crippen molar-refractivity contribution in [2.24, 2.45) is 0 Å². The maximum absolute atomic E-state index is 13.5. The van der Waals surface area contributed by atoms with E-state index >= 15 is 0 Å². The number of carbonyl (C=O) groups is 1. The van der Waals surface area contributed by atoms with Crippen molar-refractivity contribution in [3.63, 3.8) is 0 Å². The molecule has 1 N–H and O–H groups in total. The molecular weight excluding hydrogens is 309 g/mol. The fourth-order valence-electron chi connectivity index (χ4n) is 3.55. The molecule has 6 nitrogen and oxygen atoms in total. The van der Waals surface area contributed by atoms with Gasteiger partial charge in [0.2, 0.25) is 5.91 Å². The van der Waals surface area contributed by atoms with Crippen LogP contribution in [-0.4, -0.2) is 51.2 Å². The summed E-state index contributed by atoms with van der Waals surface area (Å²) in [6.45, 7) is 2.06. The van der Waals surface area contributed by atoms with E-state index in [0.29, 0.717) is 17.8 Å². The third-order valence-electron chi connectivity index (χ3n) is 4.97. The van der Waals surface area contributed by atoms with E-state index in [9.17, 15) is 9.18 Å². The number of hydrogen-bond acceptors (Lipinski definition) is 4. The minimum Gasteiger partial charge on any atom is -0.349 e. The van der Waals surface area contributed by atoms with Crippen molar-refractivity contribution in [1.29, 1.82) is 0 Å². The normalized spacial score (nSPS) is 20.5. The molecule has 1 saturated heterocycles. The smallest absolute Gasteiger partial charge is 0.242 e. The average molecular weight is 329 g/mol. The Bertz CT molecular complexity index is 779. The predicted molar refractivity (Wildman–Crippen MR) is 86.7 cm³/mol. The molecule has 0 aliphatic carbocycles. The Labute approximate surface area is 139 Å². The molecule has 4 rings (SSSR count). The van der Waals surface area contributed by atoms with Crippen LogP contribution < -0.4 is 5.32 Å². The first-order valence-electron chi connectivity index (χ1n) is 8.22. The zero-order valence-electron chi connectivity index (χ0n) is 13.6. The summed E-state index contributed by atoms with van der Waals surface area (Å²) < 4.78 is 15.1. The van der Waals surface area contributed by atoms with Gasteiger partial charge in [0.15, 0.2) is 5.82 Å². The molecule has 24 heavy (non-hydrogen) atoms. The molecule has 1 fully saturated rings. The molecule has 0 unspecified atom stereocenters. The van der Waals surface area contributed by atoms with Crippen molar-refractivity contribution in [3.8, 4) is 11.4 Å². The van der Waals surface area contributed by atoms with Crippen LogP contribution in [0.4, 0.5) is 4.39 Å². The first-order valence-corrected chi connectivity index (χ1v) is 8.22. The van der Waals surface area contributed by atoms with E-state index in [1.54, 1.807) is 16.8 Å². The number of benzene rings is 1. The summed E-state index contributed by atoms with van der Waals surface area (Å²) in [6, 6.07) is 6.23. The van der Waals surface area contributed by atoms with Gasteiger partial charge in [0.25, 0.3) is 0 Å². The minimum atomic E-state index is -0.318. The zero-order chi connectivity index (χ0) is 16.7. The van der Waals surface area contributed by atoms with Gasteiger partial charge in [-0.2, -0.15) is 5.10 Å². The second-order valence-electron chi connectivity index (χ2n) is 6.83. The number of carbonyl (C=O) groups excluding carboxylic acids is 1. The summed E-state index contributed by atoms with van der Waals surface area (Å²) in [7, 11) is 2.09. The van der Waals surface area contributed by atoms with E-state index < -0.39 is 0 Å². The highest BCUT2D eigenvalue weighted by Crippen LogP contribution is 2.28. The van der Waals surface area contributed by atoms with Gasteiger partial charge in [0.05, 0.1) is 0 Å². The molecule has 0 bridgehead atoms. The van der Waals surface area contributed by atoms with E-state index in [1.165, 1.54) is 12.1 Å². The zero-order valence-corrected chi connectivity index (χ0v) is 13.6. The lowest BCUT2D eigenvalue weighted by molar-refractivity contribution is -0.123. The van der Waals surface area contributed by atoms with Crippen LogP contribution in [0.25, 0.3) is 11.4 Å². The molecule has 1 amide bonds. The topological polar surface area (TPSA) is 63.1 Å². The summed E-state index contributed by atoms with van der Waals surface area (Å²) in [5.74, 6) is 0.912. The van der Waals surface area contributed by atoms with Crippen molar-refractivity contribution in [1.82, 2.24) is 25.0 Å². The lowest BCUT2D eigenvalue weighted by Gasteiger charge is -2.40. The summed E-state index contributed by atoms with van der Waals surface area (Å²) in [6.07, 6.45) is 2.46. The molecule has 0 radical (unpaired) electrons. The number of likely N-dealkylation sites (tertiary alicyclic amines) is 1. The van der Waals surface area contributed by atoms with E-state index in [1.807, 2.05) is 0 Å². The number of halogens is 1. The number of nitrogens with zero attached hydrogens (tertiary/aromatic N) is 4. The Hall–Kier alpha value is -2.28. The van der Waals surface area contributed by atoms with Gasteiger partial charge in [0.1, 0.15) is 18.2 Å². The second kappa shape index (κ2) is 5.66. The fourth-order valence-corrected chi connectivity index (χ4v) is 3.55. The highest BCUT2D eigenvalue weighted by Gasteiger charge is 2.39. The number of rotatable bonds is 1. The second-order valence-corrected chi connectivity index (χ2v) is 6.83. The molecule has 2 aromatic rings. The van der Waals surface area contributed by atoms with E-state index in [-0.39, 0.29) is 23.8 Å². The van der Waals surface area contributed by atoms with Crippen LogP contribution in [-0.2, 0) is 17.8 Å². The number of aromatic nitrogens is 3. The number of hydrogen-bond donors (Lipinski definition) is 1. The summed E-state index contributed by atoms with van der Waals surface area (Å²) in [5, 5.41) is 7.62. The van der Waals surface area contributed by atoms with Gasteiger partial charge in [-0.25, -0.2) is 14.1 Å². The minimum absolute atomic E-state index is 0.0333. The predicted octanol–water partition coefficient (Wildman–Crippen LogP) is 1.22. The number of amides is 1. The summed E-state index contributed by atoms with van der Waals surface area (Å²) >= 11 is 0. The third-order valence-corrected chi connectivity index (χ3v) is 4.97. The van der Waals surface area contributed by atoms with E-state index in [0.717, 1.165) is 31.8 Å². The highest BCUT2D eigenvalue weighted by molar-refractivity contribution is 5.77. The van der Waals surface area contributed by atoms with Crippen LogP contribution in [0.2, 0.25) is 0 Å². The lowest BCUT2D eigenvalue weighted by Crippen LogP contribution is -2.55. The molecule has 3 heterocycles. The Morgan fingerprint density at radius 2 is 2.08 bits per heavy atom. The number of fused-ring (bicyclic) bond motifs is 1. The quantitative estimate of drug-likeness (QED) is 0.854. The molecule has 126 valence electrons. The van der Waals surface area contributed by atoms with Crippen LogP contribution in [0.5, 0.6) is 0 Å². The van der Waals surface area contributed by atoms with Gasteiger partial charge >= 0.3 is 0 Å². The first kappa shape index (κ1) is 15.3. The highest BCUT2D eigenvalue weighted by atomic mass is 19.1. The van der Waals surface area contributed by atoms with E-state index in [2.05, 4.69) is 27.3 Å². The van der Waals surface area contributed by atoms with Crippen LogP contribution in [0.1, 0.15) is 18.7 Å². The largest absolute Gasteiger partial charge is 0.349 e. The van der Waals surface area contributed by atoms with Crippen LogP contribution in [0.15, 0.2) is 24.3 Å². The lowest BCUT2D eigenvalue weighted by atomic mass is 9.84. The van der Waals surface area contributed by atoms with Gasteiger partial charge < -0.3 is 10.2 Å². The molecule has 1 aromatic carbocycles. The molecule has 2 aliphatic rings. The van der Waals surface area contributed by atoms with Crippen LogP contribution in [0.3, 0.4) is 0 Å². The molecule has 0 saturated carbocycles. The molecule has 7 heteroatoms. The number of nitrogens with one attached hydrogen (secondary N) is 1. The van der Waals surface area contributed by atoms with Crippen molar-refractivity contribution in [2.45, 2.75) is 31.3 Å². The Kier molecular flexibility index (Phi) is 3.60. The van der Waals surface area contributed by atoms with Crippen molar-refractivity contribution >= 4 is 5.91 Å². The monoisotopic (exact) mass is 329 g/mol. The molecule has 1 spiro atoms. The molecule has 0 atom stereocenters. The van der Waals surface area contributed by atoms with Gasteiger partial charge in [-0.3, -0.25) is 4.79 Å². The Balaban J connectivity index is 1.68. The van der Waals surface area contributed by atoms with Gasteiger partial charge in [-0.1, -0.05) is 12.1 Å². The van der Waals surface area contributed by atoms with Crippen molar-refractivity contribution < 1.29 is 9.18 Å². The standard InChI is InChI=1S/C17H20FN5O/c1-22-7-5-17(6-8-22)10-14-19-16(12-3-2-4-13(18)9-12)21-23(14)11-15(24)20-17/h2-4,9H,5-8,10-11H2,1H3,(H,20,24). The van der Waals surface area contributed by atoms with Crippen molar-refractivity contribution in [3.05, 3.63) is 35.9 Å². The van der Waals surface area contributed by atoms with Crippen LogP contribution in [0, 0.1) is 5.82 Å². The first-order chi connectivity index (χ1) is 11.5. The molecular formula is C17H20FN5O. The van der Waals surface area contributed by atoms with Gasteiger partial charge in [-0.15, -0.1) is 0 Å². The van der Waals surface area contributed by atoms with Gasteiger partial charge in [-0.05, 0) is 32.0 Å². The molecule has 2 aliphatic heterocycles. The third kappa shape index (κ3) is 2.80. The van der Waals surface area contributed by atoms with Crippen molar-refractivity contribution in [2.75, 3.05) is 20.1 Å². The Morgan fingerprint density at radius 3 is 2.83 bits per heavy atom. The number of piperidine rings is 1. The molecule has 1 aromatic heterocycles. The SMILES string of the molecule is CN1CCC2(CC1)Cc1nc(-c3cccc(F)c3)nn1CC(=O)N2. The Morgan fingerprint density at radius 1 is 1.29 bits per heavy atom. The van der Waals surface area contributed by atoms with E-state index in [4.69, 9.17) is 0 Å². The summed E-state index contributed by atoms with van der Waals surface area (Å²) in [4.78, 5) is 19.2. The summed E-state index contributed by atoms with van der Waals surface area (Å²) in [5.41, 5.74) is 0.387. The van der Waals surface area contributed by atoms with Gasteiger partial charge in [0, 0.05) is 30.6 Å². The van der Waals surface area contributed by atoms with Crippen LogP contribution >= 0.6 is 0 Å². The maximum atomic E-state index is 13.5. The maximum Gasteiger partial charge on any atom is 0.242 e.